The molecule has 0 spiro atoms. The van der Waals surface area contributed by atoms with Crippen LogP contribution in [-0.4, -0.2) is 20.9 Å². The van der Waals surface area contributed by atoms with E-state index in [1.807, 2.05) is 24.4 Å². The summed E-state index contributed by atoms with van der Waals surface area (Å²) in [5.41, 5.74) is 8.92. The molecule has 0 aliphatic heterocycles. The second kappa shape index (κ2) is 5.41. The van der Waals surface area contributed by atoms with Crippen LogP contribution in [0.5, 0.6) is 0 Å². The molecule has 0 aliphatic carbocycles. The minimum atomic E-state index is -0.481. The lowest BCUT2D eigenvalue weighted by Gasteiger charge is -2.12. The zero-order chi connectivity index (χ0) is 14.8. The van der Waals surface area contributed by atoms with Crippen molar-refractivity contribution in [1.82, 2.24) is 15.0 Å². The molecule has 5 nitrogen and oxygen atoms in total. The fourth-order valence-corrected chi connectivity index (χ4v) is 2.89. The van der Waals surface area contributed by atoms with E-state index in [9.17, 15) is 4.79 Å². The molecule has 3 rings (SSSR count). The van der Waals surface area contributed by atoms with Gasteiger partial charge in [-0.05, 0) is 24.6 Å². The largest absolute Gasteiger partial charge is 0.366 e. The molecule has 0 saturated heterocycles. The molecule has 0 radical (unpaired) electrons. The van der Waals surface area contributed by atoms with Gasteiger partial charge in [-0.15, -0.1) is 11.3 Å². The molecule has 0 saturated carbocycles. The topological polar surface area (TPSA) is 81.8 Å². The summed E-state index contributed by atoms with van der Waals surface area (Å²) in [4.78, 5) is 24.8. The molecular formula is C15H12N4OS. The molecule has 1 amide bonds. The summed E-state index contributed by atoms with van der Waals surface area (Å²) in [6, 6.07) is 3.72. The monoisotopic (exact) mass is 296 g/mol. The average Bonchev–Trinajstić information content (AvgIpc) is 3.01. The lowest BCUT2D eigenvalue weighted by Crippen LogP contribution is -2.15. The molecule has 3 aromatic rings. The van der Waals surface area contributed by atoms with Crippen LogP contribution in [0.3, 0.4) is 0 Å². The number of aryl methyl sites for hydroxylation is 1. The molecule has 0 aromatic carbocycles. The molecule has 21 heavy (non-hydrogen) atoms. The van der Waals surface area contributed by atoms with Gasteiger partial charge in [-0.1, -0.05) is 0 Å². The van der Waals surface area contributed by atoms with E-state index in [1.165, 1.54) is 11.3 Å². The third-order valence-corrected chi connectivity index (χ3v) is 3.89. The van der Waals surface area contributed by atoms with Gasteiger partial charge in [-0.25, -0.2) is 4.98 Å². The fraction of sp³-hybridized carbons (Fsp3) is 0.0667. The highest BCUT2D eigenvalue weighted by Crippen LogP contribution is 2.35. The predicted octanol–water partition coefficient (Wildman–Crippen LogP) is 2.67. The van der Waals surface area contributed by atoms with E-state index >= 15 is 0 Å². The van der Waals surface area contributed by atoms with E-state index in [1.54, 1.807) is 24.8 Å². The van der Waals surface area contributed by atoms with Crippen LogP contribution >= 0.6 is 11.3 Å². The Morgan fingerprint density at radius 2 is 2.10 bits per heavy atom. The standard InChI is InChI=1S/C15H12N4OS/c1-9-7-19-13(10-3-2-4-17-8-10)12(11(9)14(16)20)15-18-5-6-21-15/h2-8H,1H3,(H2,16,20). The van der Waals surface area contributed by atoms with Crippen molar-refractivity contribution in [3.05, 3.63) is 53.4 Å². The maximum atomic E-state index is 11.9. The molecule has 3 aromatic heterocycles. The van der Waals surface area contributed by atoms with Crippen LogP contribution in [0.25, 0.3) is 21.8 Å². The third kappa shape index (κ3) is 2.41. The Kier molecular flexibility index (Phi) is 3.45. The van der Waals surface area contributed by atoms with Crippen LogP contribution < -0.4 is 5.73 Å². The van der Waals surface area contributed by atoms with Crippen molar-refractivity contribution >= 4 is 17.2 Å². The normalized spacial score (nSPS) is 10.5. The maximum Gasteiger partial charge on any atom is 0.249 e. The number of hydrogen-bond donors (Lipinski definition) is 1. The first kappa shape index (κ1) is 13.4. The van der Waals surface area contributed by atoms with Crippen LogP contribution in [0.1, 0.15) is 15.9 Å². The average molecular weight is 296 g/mol. The Morgan fingerprint density at radius 3 is 2.71 bits per heavy atom. The van der Waals surface area contributed by atoms with Gasteiger partial charge in [0.25, 0.3) is 0 Å². The molecule has 0 fully saturated rings. The van der Waals surface area contributed by atoms with Gasteiger partial charge in [-0.2, -0.15) is 0 Å². The van der Waals surface area contributed by atoms with Gasteiger partial charge in [0.15, 0.2) is 0 Å². The number of amides is 1. The minimum absolute atomic E-state index is 0.457. The van der Waals surface area contributed by atoms with Crippen molar-refractivity contribution in [3.63, 3.8) is 0 Å². The number of rotatable bonds is 3. The fourth-order valence-electron chi connectivity index (χ4n) is 2.20. The molecular weight excluding hydrogens is 284 g/mol. The second-order valence-electron chi connectivity index (χ2n) is 4.48. The molecule has 0 aliphatic rings. The van der Waals surface area contributed by atoms with Crippen molar-refractivity contribution in [2.75, 3.05) is 0 Å². The van der Waals surface area contributed by atoms with Crippen LogP contribution in [0.2, 0.25) is 0 Å². The zero-order valence-electron chi connectivity index (χ0n) is 11.3. The van der Waals surface area contributed by atoms with Crippen LogP contribution in [0.4, 0.5) is 0 Å². The lowest BCUT2D eigenvalue weighted by atomic mass is 9.98. The second-order valence-corrected chi connectivity index (χ2v) is 5.38. The first-order valence-corrected chi connectivity index (χ1v) is 7.16. The first-order chi connectivity index (χ1) is 10.2. The van der Waals surface area contributed by atoms with E-state index < -0.39 is 5.91 Å². The summed E-state index contributed by atoms with van der Waals surface area (Å²) >= 11 is 1.45. The van der Waals surface area contributed by atoms with Crippen molar-refractivity contribution in [3.8, 4) is 21.8 Å². The van der Waals surface area contributed by atoms with Crippen molar-refractivity contribution < 1.29 is 4.79 Å². The highest BCUT2D eigenvalue weighted by Gasteiger charge is 2.21. The smallest absolute Gasteiger partial charge is 0.249 e. The highest BCUT2D eigenvalue weighted by molar-refractivity contribution is 7.13. The quantitative estimate of drug-likeness (QED) is 0.805. The summed E-state index contributed by atoms with van der Waals surface area (Å²) in [7, 11) is 0. The molecule has 3 heterocycles. The van der Waals surface area contributed by atoms with E-state index in [4.69, 9.17) is 5.73 Å². The van der Waals surface area contributed by atoms with Gasteiger partial charge in [-0.3, -0.25) is 14.8 Å². The predicted molar refractivity (Wildman–Crippen MR) is 81.8 cm³/mol. The highest BCUT2D eigenvalue weighted by atomic mass is 32.1. The number of nitrogens with zero attached hydrogens (tertiary/aromatic N) is 3. The maximum absolute atomic E-state index is 11.9. The number of carbonyl (C=O) groups excluding carboxylic acids is 1. The van der Waals surface area contributed by atoms with E-state index in [0.29, 0.717) is 16.8 Å². The molecule has 0 atom stereocenters. The summed E-state index contributed by atoms with van der Waals surface area (Å²) in [5.74, 6) is -0.481. The van der Waals surface area contributed by atoms with E-state index in [0.717, 1.165) is 16.1 Å². The SMILES string of the molecule is Cc1cnc(-c2cccnc2)c(-c2nccs2)c1C(N)=O. The number of hydrogen-bond acceptors (Lipinski definition) is 5. The number of nitrogens with two attached hydrogens (primary N) is 1. The summed E-state index contributed by atoms with van der Waals surface area (Å²) in [6.07, 6.45) is 6.75. The van der Waals surface area contributed by atoms with Gasteiger partial charge in [0.1, 0.15) is 5.01 Å². The van der Waals surface area contributed by atoms with Gasteiger partial charge < -0.3 is 5.73 Å². The summed E-state index contributed by atoms with van der Waals surface area (Å²) in [6.45, 7) is 1.82. The molecule has 2 N–H and O–H groups in total. The Labute approximate surface area is 125 Å². The lowest BCUT2D eigenvalue weighted by molar-refractivity contribution is 0.100. The Balaban J connectivity index is 2.36. The first-order valence-electron chi connectivity index (χ1n) is 6.28. The van der Waals surface area contributed by atoms with Crippen molar-refractivity contribution in [2.24, 2.45) is 5.73 Å². The van der Waals surface area contributed by atoms with Gasteiger partial charge in [0.05, 0.1) is 11.3 Å². The van der Waals surface area contributed by atoms with E-state index in [-0.39, 0.29) is 0 Å². The number of thiazole rings is 1. The minimum Gasteiger partial charge on any atom is -0.366 e. The summed E-state index contributed by atoms with van der Waals surface area (Å²) < 4.78 is 0. The third-order valence-electron chi connectivity index (χ3n) is 3.10. The zero-order valence-corrected chi connectivity index (χ0v) is 12.1. The van der Waals surface area contributed by atoms with Crippen molar-refractivity contribution in [1.29, 1.82) is 0 Å². The number of aromatic nitrogens is 3. The molecule has 0 unspecified atom stereocenters. The van der Waals surface area contributed by atoms with Crippen LogP contribution in [0, 0.1) is 6.92 Å². The number of primary amides is 1. The molecule has 0 bridgehead atoms. The van der Waals surface area contributed by atoms with Gasteiger partial charge >= 0.3 is 0 Å². The Bertz CT molecular complexity index is 785. The summed E-state index contributed by atoms with van der Waals surface area (Å²) in [5, 5.41) is 2.58. The van der Waals surface area contributed by atoms with Crippen molar-refractivity contribution in [2.45, 2.75) is 6.92 Å². The van der Waals surface area contributed by atoms with Crippen LogP contribution in [0.15, 0.2) is 42.3 Å². The van der Waals surface area contributed by atoms with Crippen LogP contribution in [-0.2, 0) is 0 Å². The Morgan fingerprint density at radius 1 is 1.24 bits per heavy atom. The van der Waals surface area contributed by atoms with E-state index in [2.05, 4.69) is 15.0 Å². The molecule has 6 heteroatoms. The Hall–Kier alpha value is -2.60. The number of pyridine rings is 2. The van der Waals surface area contributed by atoms with Gasteiger partial charge in [0.2, 0.25) is 5.91 Å². The molecule has 104 valence electrons. The van der Waals surface area contributed by atoms with Gasteiger partial charge in [0, 0.05) is 41.3 Å². The number of carbonyl (C=O) groups is 1.